The van der Waals surface area contributed by atoms with E-state index in [0.29, 0.717) is 11.3 Å². The van der Waals surface area contributed by atoms with E-state index < -0.39 is 17.4 Å². The van der Waals surface area contributed by atoms with Crippen molar-refractivity contribution in [1.82, 2.24) is 0 Å². The van der Waals surface area contributed by atoms with Gasteiger partial charge in [-0.15, -0.1) is 11.6 Å². The van der Waals surface area contributed by atoms with Gasteiger partial charge in [-0.1, -0.05) is 48.5 Å². The monoisotopic (exact) mass is 275 g/mol. The van der Waals surface area contributed by atoms with E-state index in [2.05, 4.69) is 5.32 Å². The van der Waals surface area contributed by atoms with E-state index >= 15 is 0 Å². The van der Waals surface area contributed by atoms with Crippen molar-refractivity contribution in [3.05, 3.63) is 66.2 Å². The second-order valence-corrected chi connectivity index (χ2v) is 4.58. The quantitative estimate of drug-likeness (QED) is 0.843. The number of nitrogens with one attached hydrogen (secondary N) is 1. The minimum atomic E-state index is -1.04. The number of carbonyl (C=O) groups excluding carboxylic acids is 1. The number of aliphatic hydroxyl groups excluding tert-OH is 1. The fraction of sp³-hybridized carbons (Fsp3) is 0.133. The molecular weight excluding hydrogens is 262 g/mol. The molecule has 98 valence electrons. The molecule has 2 aromatic carbocycles. The standard InChI is InChI=1S/C15H14ClNO2/c16-13(14(18)11-7-3-1-4-8-11)15(19)17-12-9-5-2-6-10-12/h1-10,13-14,18H,(H,17,19). The molecule has 0 aliphatic rings. The highest BCUT2D eigenvalue weighted by Crippen LogP contribution is 2.22. The van der Waals surface area contributed by atoms with Gasteiger partial charge in [0.05, 0.1) is 0 Å². The van der Waals surface area contributed by atoms with E-state index in [1.165, 1.54) is 0 Å². The summed E-state index contributed by atoms with van der Waals surface area (Å²) in [5.41, 5.74) is 1.27. The number of carbonyl (C=O) groups is 1. The lowest BCUT2D eigenvalue weighted by atomic mass is 10.1. The minimum Gasteiger partial charge on any atom is -0.386 e. The molecule has 0 spiro atoms. The van der Waals surface area contributed by atoms with E-state index in [9.17, 15) is 9.90 Å². The predicted octanol–water partition coefficient (Wildman–Crippen LogP) is 2.97. The second-order valence-electron chi connectivity index (χ2n) is 4.11. The number of hydrogen-bond acceptors (Lipinski definition) is 2. The normalized spacial score (nSPS) is 13.6. The molecule has 3 nitrogen and oxygen atoms in total. The Morgan fingerprint density at radius 3 is 2.11 bits per heavy atom. The molecule has 0 radical (unpaired) electrons. The first kappa shape index (κ1) is 13.6. The third-order valence-corrected chi connectivity index (χ3v) is 3.15. The summed E-state index contributed by atoms with van der Waals surface area (Å²) in [6.45, 7) is 0. The topological polar surface area (TPSA) is 49.3 Å². The highest BCUT2D eigenvalue weighted by atomic mass is 35.5. The number of alkyl halides is 1. The van der Waals surface area contributed by atoms with Crippen molar-refractivity contribution in [2.24, 2.45) is 0 Å². The Labute approximate surface area is 116 Å². The first-order chi connectivity index (χ1) is 9.18. The Bertz CT molecular complexity index is 530. The summed E-state index contributed by atoms with van der Waals surface area (Å²) in [6.07, 6.45) is -1.04. The number of para-hydroxylation sites is 1. The maximum Gasteiger partial charge on any atom is 0.245 e. The number of amides is 1. The van der Waals surface area contributed by atoms with Crippen LogP contribution in [0, 0.1) is 0 Å². The average molecular weight is 276 g/mol. The zero-order valence-electron chi connectivity index (χ0n) is 10.2. The summed E-state index contributed by atoms with van der Waals surface area (Å²) in [4.78, 5) is 11.9. The van der Waals surface area contributed by atoms with Gasteiger partial charge in [0.2, 0.25) is 5.91 Å². The number of halogens is 1. The van der Waals surface area contributed by atoms with E-state index in [0.717, 1.165) is 0 Å². The molecule has 0 bridgehead atoms. The first-order valence-corrected chi connectivity index (χ1v) is 6.35. The van der Waals surface area contributed by atoms with Crippen LogP contribution < -0.4 is 5.32 Å². The Kier molecular flexibility index (Phi) is 4.55. The van der Waals surface area contributed by atoms with Crippen LogP contribution in [0.15, 0.2) is 60.7 Å². The van der Waals surface area contributed by atoms with Crippen molar-refractivity contribution in [3.8, 4) is 0 Å². The highest BCUT2D eigenvalue weighted by molar-refractivity contribution is 6.33. The van der Waals surface area contributed by atoms with Crippen LogP contribution in [0.5, 0.6) is 0 Å². The lowest BCUT2D eigenvalue weighted by molar-refractivity contribution is -0.117. The van der Waals surface area contributed by atoms with Crippen molar-refractivity contribution >= 4 is 23.2 Å². The molecule has 19 heavy (non-hydrogen) atoms. The molecule has 0 heterocycles. The average Bonchev–Trinajstić information content (AvgIpc) is 2.47. The molecule has 0 aromatic heterocycles. The van der Waals surface area contributed by atoms with Gasteiger partial charge in [0.25, 0.3) is 0 Å². The molecule has 2 N–H and O–H groups in total. The molecule has 2 aromatic rings. The van der Waals surface area contributed by atoms with Crippen molar-refractivity contribution in [2.75, 3.05) is 5.32 Å². The molecule has 0 aliphatic carbocycles. The van der Waals surface area contributed by atoms with Crippen LogP contribution in [0.3, 0.4) is 0 Å². The molecule has 0 fully saturated rings. The number of benzene rings is 2. The van der Waals surface area contributed by atoms with Crippen LogP contribution in [0.1, 0.15) is 11.7 Å². The van der Waals surface area contributed by atoms with Gasteiger partial charge >= 0.3 is 0 Å². The molecule has 2 rings (SSSR count). The summed E-state index contributed by atoms with van der Waals surface area (Å²) >= 11 is 6.00. The summed E-state index contributed by atoms with van der Waals surface area (Å²) in [5, 5.41) is 11.7. The first-order valence-electron chi connectivity index (χ1n) is 5.91. The maximum absolute atomic E-state index is 11.9. The Morgan fingerprint density at radius 1 is 1.00 bits per heavy atom. The fourth-order valence-corrected chi connectivity index (χ4v) is 1.90. The van der Waals surface area contributed by atoms with Gasteiger partial charge in [-0.25, -0.2) is 0 Å². The lowest BCUT2D eigenvalue weighted by Crippen LogP contribution is -2.28. The Morgan fingerprint density at radius 2 is 1.53 bits per heavy atom. The van der Waals surface area contributed by atoms with Gasteiger partial charge < -0.3 is 10.4 Å². The zero-order chi connectivity index (χ0) is 13.7. The van der Waals surface area contributed by atoms with Crippen LogP contribution in [0.25, 0.3) is 0 Å². The molecule has 4 heteroatoms. The van der Waals surface area contributed by atoms with Gasteiger partial charge in [0.1, 0.15) is 11.5 Å². The van der Waals surface area contributed by atoms with Crippen molar-refractivity contribution in [3.63, 3.8) is 0 Å². The fourth-order valence-electron chi connectivity index (χ4n) is 1.70. The molecule has 0 saturated carbocycles. The van der Waals surface area contributed by atoms with Crippen molar-refractivity contribution in [2.45, 2.75) is 11.5 Å². The van der Waals surface area contributed by atoms with Crippen LogP contribution in [-0.2, 0) is 4.79 Å². The number of aliphatic hydroxyl groups is 1. The Hall–Kier alpha value is -1.84. The SMILES string of the molecule is O=C(Nc1ccccc1)C(Cl)C(O)c1ccccc1. The van der Waals surface area contributed by atoms with Crippen molar-refractivity contribution < 1.29 is 9.90 Å². The summed E-state index contributed by atoms with van der Waals surface area (Å²) in [6, 6.07) is 17.9. The van der Waals surface area contributed by atoms with Gasteiger partial charge in [0, 0.05) is 5.69 Å². The van der Waals surface area contributed by atoms with Crippen molar-refractivity contribution in [1.29, 1.82) is 0 Å². The maximum atomic E-state index is 11.9. The smallest absolute Gasteiger partial charge is 0.245 e. The summed E-state index contributed by atoms with van der Waals surface area (Å²) in [5.74, 6) is -0.427. The largest absolute Gasteiger partial charge is 0.386 e. The lowest BCUT2D eigenvalue weighted by Gasteiger charge is -2.17. The molecule has 0 aliphatic heterocycles. The zero-order valence-corrected chi connectivity index (χ0v) is 10.9. The van der Waals surface area contributed by atoms with E-state index in [-0.39, 0.29) is 0 Å². The third-order valence-electron chi connectivity index (χ3n) is 2.71. The van der Waals surface area contributed by atoms with E-state index in [4.69, 9.17) is 11.6 Å². The van der Waals surface area contributed by atoms with Gasteiger partial charge in [-0.3, -0.25) is 4.79 Å². The highest BCUT2D eigenvalue weighted by Gasteiger charge is 2.25. The number of hydrogen-bond donors (Lipinski definition) is 2. The van der Waals surface area contributed by atoms with Gasteiger partial charge in [-0.2, -0.15) is 0 Å². The molecule has 2 atom stereocenters. The van der Waals surface area contributed by atoms with E-state index in [1.54, 1.807) is 36.4 Å². The van der Waals surface area contributed by atoms with Crippen LogP contribution >= 0.6 is 11.6 Å². The third kappa shape index (κ3) is 3.56. The summed E-state index contributed by atoms with van der Waals surface area (Å²) < 4.78 is 0. The van der Waals surface area contributed by atoms with Crippen LogP contribution in [0.4, 0.5) is 5.69 Å². The molecular formula is C15H14ClNO2. The number of rotatable bonds is 4. The van der Waals surface area contributed by atoms with Crippen LogP contribution in [-0.4, -0.2) is 16.4 Å². The molecule has 1 amide bonds. The Balaban J connectivity index is 2.03. The van der Waals surface area contributed by atoms with E-state index in [1.807, 2.05) is 24.3 Å². The molecule has 2 unspecified atom stereocenters. The minimum absolute atomic E-state index is 0.427. The van der Waals surface area contributed by atoms with Gasteiger partial charge in [-0.05, 0) is 17.7 Å². The second kappa shape index (κ2) is 6.36. The van der Waals surface area contributed by atoms with Gasteiger partial charge in [0.15, 0.2) is 0 Å². The van der Waals surface area contributed by atoms with Crippen LogP contribution in [0.2, 0.25) is 0 Å². The molecule has 0 saturated heterocycles. The predicted molar refractivity (Wildman–Crippen MR) is 76.1 cm³/mol. The summed E-state index contributed by atoms with van der Waals surface area (Å²) in [7, 11) is 0. The number of anilines is 1.